The van der Waals surface area contributed by atoms with E-state index in [9.17, 15) is 4.79 Å². The summed E-state index contributed by atoms with van der Waals surface area (Å²) in [6, 6.07) is 0.217. The minimum absolute atomic E-state index is 0. The summed E-state index contributed by atoms with van der Waals surface area (Å²) in [6.45, 7) is 6.07. The van der Waals surface area contributed by atoms with Gasteiger partial charge in [0, 0.05) is 24.1 Å². The molecule has 1 aliphatic heterocycles. The van der Waals surface area contributed by atoms with Gasteiger partial charge in [-0.15, -0.1) is 24.2 Å². The Bertz CT molecular complexity index is 485. The van der Waals surface area contributed by atoms with Crippen molar-refractivity contribution in [1.82, 2.24) is 20.4 Å². The summed E-state index contributed by atoms with van der Waals surface area (Å²) in [5.74, 6) is 3.01. The molecule has 1 saturated heterocycles. The molecular weight excluding hydrogens is 324 g/mol. The zero-order chi connectivity index (χ0) is 15.4. The highest BCUT2D eigenvalue weighted by Crippen LogP contribution is 2.33. The molecule has 1 aliphatic rings. The molecular formula is C14H25ClN4O2S. The maximum Gasteiger partial charge on any atom is 0.250 e. The standard InChI is InChI=1S/C14H24N4O2S.ClH/c1-5-9(2)14(19)18-8-21-7-11(18)13-16-12(17-20-13)6-10(3)15-4;/h9-11,15H,5-8H2,1-4H3;1H. The van der Waals surface area contributed by atoms with E-state index in [2.05, 4.69) is 22.4 Å². The molecule has 1 aromatic heterocycles. The molecule has 0 saturated carbocycles. The molecule has 6 nitrogen and oxygen atoms in total. The molecule has 0 radical (unpaired) electrons. The average Bonchev–Trinajstić information content (AvgIpc) is 3.13. The summed E-state index contributed by atoms with van der Waals surface area (Å²) in [4.78, 5) is 18.7. The van der Waals surface area contributed by atoms with Crippen LogP contribution in [0.1, 0.15) is 44.9 Å². The molecule has 3 unspecified atom stereocenters. The molecule has 1 amide bonds. The maximum atomic E-state index is 12.4. The van der Waals surface area contributed by atoms with Crippen molar-refractivity contribution in [3.8, 4) is 0 Å². The van der Waals surface area contributed by atoms with Crippen molar-refractivity contribution >= 4 is 30.1 Å². The van der Waals surface area contributed by atoms with Crippen LogP contribution in [0, 0.1) is 5.92 Å². The van der Waals surface area contributed by atoms with E-state index in [0.717, 1.165) is 18.6 Å². The van der Waals surface area contributed by atoms with E-state index in [1.807, 2.05) is 25.8 Å². The van der Waals surface area contributed by atoms with E-state index in [0.29, 0.717) is 23.6 Å². The fourth-order valence-corrected chi connectivity index (χ4v) is 3.34. The number of amides is 1. The van der Waals surface area contributed by atoms with Crippen LogP contribution in [0.25, 0.3) is 0 Å². The van der Waals surface area contributed by atoms with Crippen molar-refractivity contribution in [3.63, 3.8) is 0 Å². The van der Waals surface area contributed by atoms with E-state index in [-0.39, 0.29) is 30.3 Å². The van der Waals surface area contributed by atoms with Crippen molar-refractivity contribution in [2.45, 2.75) is 45.7 Å². The van der Waals surface area contributed by atoms with Gasteiger partial charge < -0.3 is 14.7 Å². The summed E-state index contributed by atoms with van der Waals surface area (Å²) >= 11 is 1.73. The van der Waals surface area contributed by atoms with Gasteiger partial charge in [-0.1, -0.05) is 19.0 Å². The lowest BCUT2D eigenvalue weighted by molar-refractivity contribution is -0.136. The van der Waals surface area contributed by atoms with Gasteiger partial charge in [0.2, 0.25) is 11.8 Å². The fourth-order valence-electron chi connectivity index (χ4n) is 2.18. The van der Waals surface area contributed by atoms with Crippen LogP contribution in [0.4, 0.5) is 0 Å². The second-order valence-electron chi connectivity index (χ2n) is 5.58. The molecule has 126 valence electrons. The smallest absolute Gasteiger partial charge is 0.250 e. The van der Waals surface area contributed by atoms with E-state index in [1.165, 1.54) is 0 Å². The summed E-state index contributed by atoms with van der Waals surface area (Å²) in [6.07, 6.45) is 1.57. The van der Waals surface area contributed by atoms with Gasteiger partial charge in [-0.2, -0.15) is 4.98 Å². The number of thioether (sulfide) groups is 1. The number of rotatable bonds is 6. The topological polar surface area (TPSA) is 71.3 Å². The third-order valence-electron chi connectivity index (χ3n) is 3.95. The molecule has 0 spiro atoms. The third kappa shape index (κ3) is 4.36. The number of halogens is 1. The quantitative estimate of drug-likeness (QED) is 0.850. The Labute approximate surface area is 142 Å². The third-order valence-corrected chi connectivity index (χ3v) is 4.96. The van der Waals surface area contributed by atoms with Crippen LogP contribution in [-0.4, -0.2) is 45.7 Å². The van der Waals surface area contributed by atoms with E-state index in [1.54, 1.807) is 11.8 Å². The highest BCUT2D eigenvalue weighted by Gasteiger charge is 2.35. The Hall–Kier alpha value is -0.790. The first-order valence-electron chi connectivity index (χ1n) is 7.44. The normalized spacial score (nSPS) is 20.5. The molecule has 0 aliphatic carbocycles. The molecule has 2 heterocycles. The van der Waals surface area contributed by atoms with Gasteiger partial charge in [-0.25, -0.2) is 0 Å². The van der Waals surface area contributed by atoms with Crippen molar-refractivity contribution in [2.24, 2.45) is 5.92 Å². The van der Waals surface area contributed by atoms with Gasteiger partial charge in [-0.3, -0.25) is 4.79 Å². The van der Waals surface area contributed by atoms with Crippen LogP contribution < -0.4 is 5.32 Å². The van der Waals surface area contributed by atoms with Crippen LogP contribution in [0.3, 0.4) is 0 Å². The van der Waals surface area contributed by atoms with Gasteiger partial charge in [0.15, 0.2) is 5.82 Å². The number of likely N-dealkylation sites (N-methyl/N-ethyl adjacent to an activating group) is 1. The number of nitrogens with zero attached hydrogens (tertiary/aromatic N) is 3. The van der Waals surface area contributed by atoms with Gasteiger partial charge in [0.1, 0.15) is 6.04 Å². The van der Waals surface area contributed by atoms with Crippen LogP contribution in [-0.2, 0) is 11.2 Å². The first kappa shape index (κ1) is 19.3. The summed E-state index contributed by atoms with van der Waals surface area (Å²) in [5, 5.41) is 7.19. The maximum absolute atomic E-state index is 12.4. The summed E-state index contributed by atoms with van der Waals surface area (Å²) in [7, 11) is 1.91. The molecule has 22 heavy (non-hydrogen) atoms. The molecule has 1 aromatic rings. The Morgan fingerprint density at radius 3 is 2.91 bits per heavy atom. The van der Waals surface area contributed by atoms with Crippen molar-refractivity contribution in [1.29, 1.82) is 0 Å². The number of carbonyl (C=O) groups excluding carboxylic acids is 1. The SMILES string of the molecule is CCC(C)C(=O)N1CSCC1c1nc(CC(C)NC)no1.Cl. The average molecular weight is 349 g/mol. The predicted octanol–water partition coefficient (Wildman–Crippen LogP) is 2.26. The largest absolute Gasteiger partial charge is 0.337 e. The summed E-state index contributed by atoms with van der Waals surface area (Å²) in [5.41, 5.74) is 0. The van der Waals surface area contributed by atoms with Crippen LogP contribution in [0.2, 0.25) is 0 Å². The molecule has 1 fully saturated rings. The lowest BCUT2D eigenvalue weighted by Gasteiger charge is -2.23. The zero-order valence-electron chi connectivity index (χ0n) is 13.5. The van der Waals surface area contributed by atoms with Gasteiger partial charge in [0.05, 0.1) is 5.88 Å². The van der Waals surface area contributed by atoms with Crippen molar-refractivity contribution in [2.75, 3.05) is 18.7 Å². The highest BCUT2D eigenvalue weighted by molar-refractivity contribution is 7.99. The summed E-state index contributed by atoms with van der Waals surface area (Å²) < 4.78 is 5.39. The Morgan fingerprint density at radius 1 is 1.55 bits per heavy atom. The number of hydrogen-bond donors (Lipinski definition) is 1. The Morgan fingerprint density at radius 2 is 2.27 bits per heavy atom. The van der Waals surface area contributed by atoms with Crippen LogP contribution >= 0.6 is 24.2 Å². The van der Waals surface area contributed by atoms with Gasteiger partial charge in [-0.05, 0) is 20.4 Å². The minimum Gasteiger partial charge on any atom is -0.337 e. The first-order valence-corrected chi connectivity index (χ1v) is 8.60. The second kappa shape index (κ2) is 8.74. The van der Waals surface area contributed by atoms with Gasteiger partial charge >= 0.3 is 0 Å². The van der Waals surface area contributed by atoms with E-state index in [4.69, 9.17) is 4.52 Å². The van der Waals surface area contributed by atoms with Crippen molar-refractivity contribution in [3.05, 3.63) is 11.7 Å². The fraction of sp³-hybridized carbons (Fsp3) is 0.786. The zero-order valence-corrected chi connectivity index (χ0v) is 15.2. The predicted molar refractivity (Wildman–Crippen MR) is 90.1 cm³/mol. The lowest BCUT2D eigenvalue weighted by atomic mass is 10.1. The highest BCUT2D eigenvalue weighted by atomic mass is 35.5. The Balaban J connectivity index is 0.00000242. The van der Waals surface area contributed by atoms with Crippen molar-refractivity contribution < 1.29 is 9.32 Å². The van der Waals surface area contributed by atoms with Crippen LogP contribution in [0.5, 0.6) is 0 Å². The lowest BCUT2D eigenvalue weighted by Crippen LogP contribution is -2.35. The molecule has 0 aromatic carbocycles. The number of carbonyl (C=O) groups is 1. The minimum atomic E-state index is -0.0809. The number of aromatic nitrogens is 2. The second-order valence-corrected chi connectivity index (χ2v) is 6.58. The Kier molecular flexibility index (Phi) is 7.65. The van der Waals surface area contributed by atoms with Crippen LogP contribution in [0.15, 0.2) is 4.52 Å². The van der Waals surface area contributed by atoms with E-state index >= 15 is 0 Å². The van der Waals surface area contributed by atoms with E-state index < -0.39 is 0 Å². The molecule has 8 heteroatoms. The number of hydrogen-bond acceptors (Lipinski definition) is 6. The first-order chi connectivity index (χ1) is 10.1. The monoisotopic (exact) mass is 348 g/mol. The number of nitrogens with one attached hydrogen (secondary N) is 1. The molecule has 3 atom stereocenters. The molecule has 2 rings (SSSR count). The molecule has 1 N–H and O–H groups in total. The van der Waals surface area contributed by atoms with Gasteiger partial charge in [0.25, 0.3) is 0 Å². The molecule has 0 bridgehead atoms.